The molecule has 0 radical (unpaired) electrons. The number of halogens is 1. The second-order valence-electron chi connectivity index (χ2n) is 4.50. The van der Waals surface area contributed by atoms with Gasteiger partial charge in [0.2, 0.25) is 11.8 Å². The van der Waals surface area contributed by atoms with Gasteiger partial charge < -0.3 is 10.4 Å². The van der Waals surface area contributed by atoms with E-state index in [4.69, 9.17) is 5.11 Å². The highest BCUT2D eigenvalue weighted by atomic mass is 79.9. The van der Waals surface area contributed by atoms with Crippen LogP contribution in [0.1, 0.15) is 28.8 Å². The Kier molecular flexibility index (Phi) is 4.51. The van der Waals surface area contributed by atoms with Gasteiger partial charge >= 0.3 is 5.97 Å². The van der Waals surface area contributed by atoms with Gasteiger partial charge in [0.15, 0.2) is 0 Å². The average Bonchev–Trinajstić information content (AvgIpc) is 2.38. The summed E-state index contributed by atoms with van der Waals surface area (Å²) in [5.41, 5.74) is 1.04. The topological polar surface area (TPSA) is 95.5 Å². The van der Waals surface area contributed by atoms with Crippen LogP contribution in [0.25, 0.3) is 0 Å². The van der Waals surface area contributed by atoms with Crippen molar-refractivity contribution in [2.75, 3.05) is 0 Å². The smallest absolute Gasteiger partial charge is 0.335 e. The van der Waals surface area contributed by atoms with Gasteiger partial charge in [-0.2, -0.15) is 0 Å². The Morgan fingerprint density at radius 3 is 2.80 bits per heavy atom. The second kappa shape index (κ2) is 6.15. The van der Waals surface area contributed by atoms with Gasteiger partial charge in [-0.15, -0.1) is 0 Å². The molecule has 6 nitrogen and oxygen atoms in total. The van der Waals surface area contributed by atoms with Crippen molar-refractivity contribution in [2.24, 2.45) is 0 Å². The molecule has 20 heavy (non-hydrogen) atoms. The zero-order chi connectivity index (χ0) is 14.7. The van der Waals surface area contributed by atoms with Crippen molar-refractivity contribution < 1.29 is 19.5 Å². The first-order valence-electron chi connectivity index (χ1n) is 6.06. The number of piperidine rings is 1. The molecule has 2 rings (SSSR count). The molecule has 3 N–H and O–H groups in total. The lowest BCUT2D eigenvalue weighted by atomic mass is 10.1. The standard InChI is InChI=1S/C13H13BrN2O4/c14-9-5-7(13(19)20)1-2-8(9)6-15-10-3-4-11(17)16-12(10)18/h1-2,5,10,15H,3-4,6H2,(H,19,20)(H,16,17,18). The summed E-state index contributed by atoms with van der Waals surface area (Å²) in [5, 5.41) is 14.2. The molecule has 1 aromatic rings. The number of carbonyl (C=O) groups is 3. The maximum atomic E-state index is 11.6. The highest BCUT2D eigenvalue weighted by Crippen LogP contribution is 2.19. The Morgan fingerprint density at radius 2 is 2.20 bits per heavy atom. The molecule has 1 aliphatic heterocycles. The third kappa shape index (κ3) is 3.43. The van der Waals surface area contributed by atoms with Gasteiger partial charge in [-0.05, 0) is 24.1 Å². The zero-order valence-corrected chi connectivity index (χ0v) is 12.1. The molecular weight excluding hydrogens is 328 g/mol. The van der Waals surface area contributed by atoms with Crippen LogP contribution in [-0.4, -0.2) is 28.9 Å². The van der Waals surface area contributed by atoms with E-state index in [9.17, 15) is 14.4 Å². The fraction of sp³-hybridized carbons (Fsp3) is 0.308. The first-order chi connectivity index (χ1) is 9.47. The van der Waals surface area contributed by atoms with Crippen LogP contribution in [0.15, 0.2) is 22.7 Å². The van der Waals surface area contributed by atoms with Gasteiger partial charge in [0.25, 0.3) is 0 Å². The molecule has 0 saturated carbocycles. The Bertz CT molecular complexity index is 573. The van der Waals surface area contributed by atoms with Crippen molar-refractivity contribution in [3.8, 4) is 0 Å². The van der Waals surface area contributed by atoms with E-state index in [2.05, 4.69) is 26.6 Å². The lowest BCUT2D eigenvalue weighted by Crippen LogP contribution is -2.50. The lowest BCUT2D eigenvalue weighted by Gasteiger charge is -2.22. The molecule has 1 aliphatic rings. The highest BCUT2D eigenvalue weighted by Gasteiger charge is 2.25. The second-order valence-corrected chi connectivity index (χ2v) is 5.35. The minimum absolute atomic E-state index is 0.196. The first-order valence-corrected chi connectivity index (χ1v) is 6.85. The fourth-order valence-electron chi connectivity index (χ4n) is 1.95. The molecule has 106 valence electrons. The minimum Gasteiger partial charge on any atom is -0.478 e. The number of imide groups is 1. The third-order valence-corrected chi connectivity index (χ3v) is 3.82. The molecule has 7 heteroatoms. The van der Waals surface area contributed by atoms with Gasteiger partial charge in [-0.3, -0.25) is 14.9 Å². The van der Waals surface area contributed by atoms with E-state index in [1.165, 1.54) is 12.1 Å². The number of aromatic carboxylic acids is 1. The van der Waals surface area contributed by atoms with E-state index in [-0.39, 0.29) is 17.4 Å². The molecule has 1 fully saturated rings. The summed E-state index contributed by atoms with van der Waals surface area (Å²) < 4.78 is 0.664. The van der Waals surface area contributed by atoms with Crippen LogP contribution < -0.4 is 10.6 Å². The summed E-state index contributed by atoms with van der Waals surface area (Å²) in [4.78, 5) is 33.4. The zero-order valence-electron chi connectivity index (χ0n) is 10.5. The maximum absolute atomic E-state index is 11.6. The number of carbonyl (C=O) groups excluding carboxylic acids is 2. The summed E-state index contributed by atoms with van der Waals surface area (Å²) in [6.07, 6.45) is 0.790. The van der Waals surface area contributed by atoms with Crippen molar-refractivity contribution in [3.05, 3.63) is 33.8 Å². The minimum atomic E-state index is -0.990. The van der Waals surface area contributed by atoms with Crippen LogP contribution in [-0.2, 0) is 16.1 Å². The Morgan fingerprint density at radius 1 is 1.45 bits per heavy atom. The molecule has 0 aromatic heterocycles. The molecule has 2 amide bonds. The van der Waals surface area contributed by atoms with E-state index in [1.54, 1.807) is 6.07 Å². The third-order valence-electron chi connectivity index (χ3n) is 3.08. The van der Waals surface area contributed by atoms with Crippen LogP contribution >= 0.6 is 15.9 Å². The predicted octanol–water partition coefficient (Wildman–Crippen LogP) is 1.04. The average molecular weight is 341 g/mol. The molecule has 1 unspecified atom stereocenters. The molecule has 1 atom stereocenters. The number of amides is 2. The van der Waals surface area contributed by atoms with Crippen molar-refractivity contribution in [2.45, 2.75) is 25.4 Å². The number of carboxylic acids is 1. The lowest BCUT2D eigenvalue weighted by molar-refractivity contribution is -0.134. The Labute approximate surface area is 123 Å². The number of benzene rings is 1. The van der Waals surface area contributed by atoms with Crippen LogP contribution in [0.3, 0.4) is 0 Å². The number of carboxylic acid groups (broad SMARTS) is 1. The van der Waals surface area contributed by atoms with E-state index in [0.717, 1.165) is 5.56 Å². The van der Waals surface area contributed by atoms with Gasteiger partial charge in [0.1, 0.15) is 0 Å². The van der Waals surface area contributed by atoms with Crippen molar-refractivity contribution in [1.29, 1.82) is 0 Å². The number of rotatable bonds is 4. The van der Waals surface area contributed by atoms with E-state index < -0.39 is 12.0 Å². The molecular formula is C13H13BrN2O4. The van der Waals surface area contributed by atoms with E-state index in [1.807, 2.05) is 0 Å². The molecule has 0 bridgehead atoms. The van der Waals surface area contributed by atoms with Crippen molar-refractivity contribution in [3.63, 3.8) is 0 Å². The molecule has 1 saturated heterocycles. The monoisotopic (exact) mass is 340 g/mol. The molecule has 1 heterocycles. The summed E-state index contributed by atoms with van der Waals surface area (Å²) in [5.74, 6) is -1.56. The van der Waals surface area contributed by atoms with Crippen molar-refractivity contribution in [1.82, 2.24) is 10.6 Å². The van der Waals surface area contributed by atoms with Crippen LogP contribution in [0, 0.1) is 0 Å². The quantitative estimate of drug-likeness (QED) is 0.712. The highest BCUT2D eigenvalue weighted by molar-refractivity contribution is 9.10. The SMILES string of the molecule is O=C1CCC(NCc2ccc(C(=O)O)cc2Br)C(=O)N1. The van der Waals surface area contributed by atoms with Crippen molar-refractivity contribution >= 4 is 33.7 Å². The largest absolute Gasteiger partial charge is 0.478 e. The Hall–Kier alpha value is -1.73. The van der Waals surface area contributed by atoms with Crippen LogP contribution in [0.5, 0.6) is 0 Å². The summed E-state index contributed by atoms with van der Waals surface area (Å²) >= 11 is 3.31. The number of hydrogen-bond donors (Lipinski definition) is 3. The Balaban J connectivity index is 1.99. The molecule has 1 aromatic carbocycles. The van der Waals surface area contributed by atoms with Gasteiger partial charge in [-0.1, -0.05) is 22.0 Å². The van der Waals surface area contributed by atoms with Gasteiger partial charge in [0.05, 0.1) is 11.6 Å². The summed E-state index contributed by atoms with van der Waals surface area (Å²) in [7, 11) is 0. The first kappa shape index (κ1) is 14.7. The number of hydrogen-bond acceptors (Lipinski definition) is 4. The van der Waals surface area contributed by atoms with Gasteiger partial charge in [0, 0.05) is 17.4 Å². The summed E-state index contributed by atoms with van der Waals surface area (Å²) in [6, 6.07) is 4.31. The maximum Gasteiger partial charge on any atom is 0.335 e. The predicted molar refractivity (Wildman–Crippen MR) is 74.1 cm³/mol. The van der Waals surface area contributed by atoms with Crippen LogP contribution in [0.4, 0.5) is 0 Å². The van der Waals surface area contributed by atoms with E-state index >= 15 is 0 Å². The van der Waals surface area contributed by atoms with Gasteiger partial charge in [-0.25, -0.2) is 4.79 Å². The van der Waals surface area contributed by atoms with Crippen LogP contribution in [0.2, 0.25) is 0 Å². The number of nitrogens with one attached hydrogen (secondary N) is 2. The molecule has 0 spiro atoms. The molecule has 0 aliphatic carbocycles. The summed E-state index contributed by atoms with van der Waals surface area (Å²) in [6.45, 7) is 0.409. The van der Waals surface area contributed by atoms with E-state index in [0.29, 0.717) is 23.9 Å². The fourth-order valence-corrected chi connectivity index (χ4v) is 2.46. The normalized spacial score (nSPS) is 18.8.